The summed E-state index contributed by atoms with van der Waals surface area (Å²) in [4.78, 5) is 37.9. The van der Waals surface area contributed by atoms with Crippen molar-refractivity contribution in [2.45, 2.75) is 34.1 Å². The van der Waals surface area contributed by atoms with E-state index in [1.54, 1.807) is 39.1 Å². The molecule has 0 aromatic heterocycles. The maximum Gasteiger partial charge on any atom is 0.308 e. The van der Waals surface area contributed by atoms with Gasteiger partial charge in [0, 0.05) is 24.4 Å². The Morgan fingerprint density at radius 2 is 1.85 bits per heavy atom. The van der Waals surface area contributed by atoms with Gasteiger partial charge in [0.05, 0.1) is 19.1 Å². The average Bonchev–Trinajstić information content (AvgIpc) is 3.06. The lowest BCUT2D eigenvalue weighted by molar-refractivity contribution is -0.152. The van der Waals surface area contributed by atoms with Gasteiger partial charge in [-0.25, -0.2) is 0 Å². The maximum absolute atomic E-state index is 12.5. The van der Waals surface area contributed by atoms with E-state index >= 15 is 0 Å². The van der Waals surface area contributed by atoms with Crippen molar-refractivity contribution in [2.24, 2.45) is 11.3 Å². The fourth-order valence-electron chi connectivity index (χ4n) is 2.49. The van der Waals surface area contributed by atoms with E-state index in [4.69, 9.17) is 14.2 Å². The molecule has 0 fully saturated rings. The van der Waals surface area contributed by atoms with E-state index in [2.05, 4.69) is 0 Å². The first-order valence-electron chi connectivity index (χ1n) is 8.92. The van der Waals surface area contributed by atoms with E-state index in [9.17, 15) is 14.4 Å². The Kier molecular flexibility index (Phi) is 6.46. The van der Waals surface area contributed by atoms with Gasteiger partial charge in [-0.2, -0.15) is 0 Å². The van der Waals surface area contributed by atoms with Crippen molar-refractivity contribution in [1.82, 2.24) is 4.90 Å². The summed E-state index contributed by atoms with van der Waals surface area (Å²) < 4.78 is 15.7. The summed E-state index contributed by atoms with van der Waals surface area (Å²) in [6, 6.07) is 4.96. The smallest absolute Gasteiger partial charge is 0.308 e. The van der Waals surface area contributed by atoms with Crippen LogP contribution in [0.15, 0.2) is 18.2 Å². The third-order valence-corrected chi connectivity index (χ3v) is 4.21. The summed E-state index contributed by atoms with van der Waals surface area (Å²) in [6.45, 7) is 7.48. The number of rotatable bonds is 8. The number of hydrogen-bond donors (Lipinski definition) is 0. The number of hydrogen-bond acceptors (Lipinski definition) is 6. The summed E-state index contributed by atoms with van der Waals surface area (Å²) in [7, 11) is 1.59. The molecule has 2 rings (SSSR count). The molecule has 0 N–H and O–H groups in total. The molecule has 1 aromatic rings. The van der Waals surface area contributed by atoms with Gasteiger partial charge in [-0.15, -0.1) is 0 Å². The molecule has 1 aliphatic heterocycles. The Labute approximate surface area is 159 Å². The van der Waals surface area contributed by atoms with Crippen LogP contribution in [0, 0.1) is 11.3 Å². The van der Waals surface area contributed by atoms with Gasteiger partial charge < -0.3 is 19.1 Å². The second-order valence-corrected chi connectivity index (χ2v) is 7.84. The van der Waals surface area contributed by atoms with Crippen molar-refractivity contribution < 1.29 is 28.6 Å². The van der Waals surface area contributed by atoms with E-state index in [1.165, 1.54) is 4.90 Å². The van der Waals surface area contributed by atoms with E-state index in [0.717, 1.165) is 0 Å². The van der Waals surface area contributed by atoms with Gasteiger partial charge in [-0.1, -0.05) is 27.7 Å². The molecular formula is C20H27NO6. The highest BCUT2D eigenvalue weighted by atomic mass is 16.7. The molecule has 148 valence electrons. The molecule has 0 aliphatic carbocycles. The molecule has 1 aliphatic rings. The molecule has 27 heavy (non-hydrogen) atoms. The number of Topliss-reactive ketones (excluding diaryl/α,β-unsaturated/α-hetero) is 1. The molecule has 0 atom stereocenters. The van der Waals surface area contributed by atoms with Crippen LogP contribution in [-0.4, -0.2) is 49.6 Å². The quantitative estimate of drug-likeness (QED) is 0.512. The Hall–Kier alpha value is -2.57. The first-order valence-corrected chi connectivity index (χ1v) is 8.92. The van der Waals surface area contributed by atoms with Gasteiger partial charge in [0.2, 0.25) is 12.7 Å². The Balaban J connectivity index is 1.89. The zero-order chi connectivity index (χ0) is 20.2. The van der Waals surface area contributed by atoms with Crippen LogP contribution in [0.25, 0.3) is 0 Å². The topological polar surface area (TPSA) is 82.1 Å². The van der Waals surface area contributed by atoms with Crippen molar-refractivity contribution in [3.63, 3.8) is 0 Å². The largest absolute Gasteiger partial charge is 0.465 e. The number of benzene rings is 1. The number of nitrogens with zero attached hydrogens (tertiary/aromatic N) is 1. The van der Waals surface area contributed by atoms with Crippen LogP contribution < -0.4 is 9.47 Å². The predicted molar refractivity (Wildman–Crippen MR) is 98.7 cm³/mol. The van der Waals surface area contributed by atoms with Gasteiger partial charge in [0.1, 0.15) is 0 Å². The molecular weight excluding hydrogens is 350 g/mol. The number of likely N-dealkylation sites (N-methyl/N-ethyl adjacent to an activating group) is 1. The van der Waals surface area contributed by atoms with Crippen LogP contribution in [0.5, 0.6) is 11.5 Å². The summed E-state index contributed by atoms with van der Waals surface area (Å²) >= 11 is 0. The number of carbonyl (C=O) groups excluding carboxylic acids is 3. The van der Waals surface area contributed by atoms with Crippen LogP contribution in [0.3, 0.4) is 0 Å². The first-order chi connectivity index (χ1) is 12.6. The molecule has 0 saturated carbocycles. The standard InChI is InChI=1S/C20H27NO6/c1-13(2)19(24)25-11-20(3,4)9-18(23)21(5)10-15(22)14-6-7-16-17(8-14)27-12-26-16/h6-8,13H,9-12H2,1-5H3. The van der Waals surface area contributed by atoms with Crippen LogP contribution in [-0.2, 0) is 14.3 Å². The molecule has 0 saturated heterocycles. The van der Waals surface area contributed by atoms with Crippen molar-refractivity contribution in [2.75, 3.05) is 27.0 Å². The van der Waals surface area contributed by atoms with Crippen LogP contribution in [0.1, 0.15) is 44.5 Å². The normalized spacial score (nSPS) is 12.8. The lowest BCUT2D eigenvalue weighted by atomic mass is 9.89. The first kappa shape index (κ1) is 20.7. The molecule has 7 heteroatoms. The van der Waals surface area contributed by atoms with Gasteiger partial charge >= 0.3 is 5.97 Å². The maximum atomic E-state index is 12.5. The molecule has 0 unspecified atom stereocenters. The average molecular weight is 377 g/mol. The number of fused-ring (bicyclic) bond motifs is 1. The zero-order valence-electron chi connectivity index (χ0n) is 16.5. The monoisotopic (exact) mass is 377 g/mol. The minimum Gasteiger partial charge on any atom is -0.465 e. The van der Waals surface area contributed by atoms with Crippen LogP contribution >= 0.6 is 0 Å². The van der Waals surface area contributed by atoms with E-state index in [1.807, 2.05) is 13.8 Å². The third kappa shape index (κ3) is 5.70. The van der Waals surface area contributed by atoms with Crippen LogP contribution in [0.4, 0.5) is 0 Å². The number of amides is 1. The third-order valence-electron chi connectivity index (χ3n) is 4.21. The lowest BCUT2D eigenvalue weighted by Crippen LogP contribution is -2.36. The van der Waals surface area contributed by atoms with Gasteiger partial charge in [0.15, 0.2) is 17.3 Å². The molecule has 1 aromatic carbocycles. The highest BCUT2D eigenvalue weighted by Gasteiger charge is 2.27. The van der Waals surface area contributed by atoms with E-state index in [0.29, 0.717) is 17.1 Å². The molecule has 0 radical (unpaired) electrons. The summed E-state index contributed by atoms with van der Waals surface area (Å²) in [6.07, 6.45) is 0.170. The number of ether oxygens (including phenoxy) is 3. The minimum atomic E-state index is -0.516. The second-order valence-electron chi connectivity index (χ2n) is 7.84. The fourth-order valence-corrected chi connectivity index (χ4v) is 2.49. The van der Waals surface area contributed by atoms with Crippen molar-refractivity contribution in [1.29, 1.82) is 0 Å². The zero-order valence-corrected chi connectivity index (χ0v) is 16.5. The van der Waals surface area contributed by atoms with Crippen LogP contribution in [0.2, 0.25) is 0 Å². The Morgan fingerprint density at radius 1 is 1.19 bits per heavy atom. The summed E-state index contributed by atoms with van der Waals surface area (Å²) in [5.41, 5.74) is -0.0541. The van der Waals surface area contributed by atoms with Gasteiger partial charge in [-0.05, 0) is 18.2 Å². The minimum absolute atomic E-state index is 0.0413. The van der Waals surface area contributed by atoms with Crippen molar-refractivity contribution in [3.8, 4) is 11.5 Å². The van der Waals surface area contributed by atoms with Crippen molar-refractivity contribution >= 4 is 17.7 Å². The number of ketones is 1. The van der Waals surface area contributed by atoms with E-state index < -0.39 is 5.41 Å². The van der Waals surface area contributed by atoms with Crippen molar-refractivity contribution in [3.05, 3.63) is 23.8 Å². The number of esters is 1. The molecule has 1 amide bonds. The molecule has 7 nitrogen and oxygen atoms in total. The molecule has 1 heterocycles. The molecule has 0 bridgehead atoms. The highest BCUT2D eigenvalue weighted by molar-refractivity contribution is 5.99. The SMILES string of the molecule is CC(C)C(=O)OCC(C)(C)CC(=O)N(C)CC(=O)c1ccc2c(c1)OCO2. The van der Waals surface area contributed by atoms with Gasteiger partial charge in [-0.3, -0.25) is 14.4 Å². The Bertz CT molecular complexity index is 725. The highest BCUT2D eigenvalue weighted by Crippen LogP contribution is 2.32. The fraction of sp³-hybridized carbons (Fsp3) is 0.550. The van der Waals surface area contributed by atoms with Gasteiger partial charge in [0.25, 0.3) is 0 Å². The lowest BCUT2D eigenvalue weighted by Gasteiger charge is -2.26. The van der Waals surface area contributed by atoms with E-state index in [-0.39, 0.29) is 49.9 Å². The Morgan fingerprint density at radius 3 is 2.52 bits per heavy atom. The summed E-state index contributed by atoms with van der Waals surface area (Å²) in [5.74, 6) is 0.264. The second kappa shape index (κ2) is 8.41. The number of carbonyl (C=O) groups is 3. The molecule has 0 spiro atoms. The predicted octanol–water partition coefficient (Wildman–Crippen LogP) is 2.67. The summed E-state index contributed by atoms with van der Waals surface area (Å²) in [5, 5.41) is 0.